The van der Waals surface area contributed by atoms with Gasteiger partial charge in [-0.15, -0.1) is 0 Å². The normalized spacial score (nSPS) is 41.2. The van der Waals surface area contributed by atoms with Crippen molar-refractivity contribution in [2.45, 2.75) is 58.7 Å². The highest BCUT2D eigenvalue weighted by Crippen LogP contribution is 2.50. The van der Waals surface area contributed by atoms with Crippen LogP contribution in [0.1, 0.15) is 46.5 Å². The van der Waals surface area contributed by atoms with E-state index in [-0.39, 0.29) is 41.8 Å². The van der Waals surface area contributed by atoms with Crippen molar-refractivity contribution < 1.29 is 24.4 Å². The summed E-state index contributed by atoms with van der Waals surface area (Å²) >= 11 is 0. The van der Waals surface area contributed by atoms with Gasteiger partial charge in [-0.05, 0) is 37.0 Å². The molecule has 1 aliphatic carbocycles. The number of nitrogens with zero attached hydrogens (tertiary/aromatic N) is 1. The Kier molecular flexibility index (Phi) is 7.00. The van der Waals surface area contributed by atoms with Gasteiger partial charge in [0.1, 0.15) is 12.8 Å². The second kappa shape index (κ2) is 9.53. The molecule has 0 aromatic rings. The number of nitrogens with two attached hydrogens (primary N) is 1. The summed E-state index contributed by atoms with van der Waals surface area (Å²) in [5, 5.41) is 5.34. The standard InChI is InChI=1S/C23H39N3O4/c1-14-12-29-21-16(3)22-19(11-18(14)21)15(2)17(23(28)30-22)5-6-20(27)25-7-4-9-26-10-8-24-13-26/h14-19,21-22,24H,4-13H2,1-3H3,(H,25,27)/p+1. The van der Waals surface area contributed by atoms with E-state index in [1.807, 2.05) is 0 Å². The first-order valence-corrected chi connectivity index (χ1v) is 12.1. The van der Waals surface area contributed by atoms with E-state index >= 15 is 0 Å². The second-order valence-corrected chi connectivity index (χ2v) is 10.2. The van der Waals surface area contributed by atoms with E-state index in [4.69, 9.17) is 9.47 Å². The molecule has 4 aliphatic rings. The van der Waals surface area contributed by atoms with E-state index in [9.17, 15) is 9.59 Å². The summed E-state index contributed by atoms with van der Waals surface area (Å²) in [5.41, 5.74) is 0. The van der Waals surface area contributed by atoms with Gasteiger partial charge in [0.2, 0.25) is 5.91 Å². The predicted octanol–water partition coefficient (Wildman–Crippen LogP) is 0.594. The Morgan fingerprint density at radius 1 is 1.20 bits per heavy atom. The van der Waals surface area contributed by atoms with Crippen molar-refractivity contribution in [3.05, 3.63) is 0 Å². The van der Waals surface area contributed by atoms with Gasteiger partial charge in [-0.1, -0.05) is 20.8 Å². The van der Waals surface area contributed by atoms with Crippen molar-refractivity contribution in [2.24, 2.45) is 35.5 Å². The van der Waals surface area contributed by atoms with Gasteiger partial charge in [0.25, 0.3) is 0 Å². The molecule has 4 fully saturated rings. The van der Waals surface area contributed by atoms with Crippen LogP contribution in [0.15, 0.2) is 0 Å². The van der Waals surface area contributed by atoms with Crippen LogP contribution in [0, 0.1) is 35.5 Å². The van der Waals surface area contributed by atoms with Crippen LogP contribution in [-0.2, 0) is 19.1 Å². The minimum Gasteiger partial charge on any atom is -0.461 e. The average Bonchev–Trinajstić information content (AvgIpc) is 3.36. The Bertz CT molecular complexity index is 624. The lowest BCUT2D eigenvalue weighted by molar-refractivity contribution is -0.642. The van der Waals surface area contributed by atoms with Crippen LogP contribution in [0.3, 0.4) is 0 Å². The number of rotatable bonds is 7. The zero-order chi connectivity index (χ0) is 21.3. The average molecular weight is 423 g/mol. The molecule has 8 unspecified atom stereocenters. The Hall–Kier alpha value is -1.18. The SMILES string of the molecule is CC1COC2C(C)C3OC(=O)C(CCC(=O)NCCCN4CC[NH2+]C4)C(C)C3CC12. The summed E-state index contributed by atoms with van der Waals surface area (Å²) in [7, 11) is 0. The monoisotopic (exact) mass is 422 g/mol. The van der Waals surface area contributed by atoms with Crippen molar-refractivity contribution in [3.8, 4) is 0 Å². The molecule has 1 amide bonds. The van der Waals surface area contributed by atoms with E-state index in [0.29, 0.717) is 37.1 Å². The smallest absolute Gasteiger partial charge is 0.309 e. The Balaban J connectivity index is 1.24. The van der Waals surface area contributed by atoms with E-state index in [1.165, 1.54) is 6.54 Å². The molecule has 7 nitrogen and oxygen atoms in total. The highest BCUT2D eigenvalue weighted by molar-refractivity contribution is 5.78. The van der Waals surface area contributed by atoms with Crippen LogP contribution in [0.2, 0.25) is 0 Å². The van der Waals surface area contributed by atoms with Gasteiger partial charge < -0.3 is 20.1 Å². The van der Waals surface area contributed by atoms with E-state index < -0.39 is 0 Å². The Morgan fingerprint density at radius 3 is 2.80 bits per heavy atom. The molecule has 30 heavy (non-hydrogen) atoms. The molecule has 0 aromatic carbocycles. The molecule has 3 saturated heterocycles. The zero-order valence-corrected chi connectivity index (χ0v) is 18.8. The highest BCUT2D eigenvalue weighted by atomic mass is 16.6. The second-order valence-electron chi connectivity index (χ2n) is 10.2. The fraction of sp³-hybridized carbons (Fsp3) is 0.913. The van der Waals surface area contributed by atoms with Crippen LogP contribution < -0.4 is 10.6 Å². The van der Waals surface area contributed by atoms with Gasteiger partial charge in [0.15, 0.2) is 0 Å². The largest absolute Gasteiger partial charge is 0.461 e. The maximum absolute atomic E-state index is 12.8. The lowest BCUT2D eigenvalue weighted by atomic mass is 9.62. The van der Waals surface area contributed by atoms with E-state index in [2.05, 4.69) is 36.3 Å². The summed E-state index contributed by atoms with van der Waals surface area (Å²) in [5.74, 6) is 1.81. The maximum Gasteiger partial charge on any atom is 0.309 e. The van der Waals surface area contributed by atoms with Crippen molar-refractivity contribution >= 4 is 11.9 Å². The number of esters is 1. The number of nitrogens with one attached hydrogen (secondary N) is 1. The molecule has 3 N–H and O–H groups in total. The van der Waals surface area contributed by atoms with Crippen LogP contribution in [-0.4, -0.2) is 68.4 Å². The molecule has 3 heterocycles. The number of hydrogen-bond acceptors (Lipinski definition) is 5. The van der Waals surface area contributed by atoms with E-state index in [1.54, 1.807) is 0 Å². The molecule has 4 rings (SSSR count). The van der Waals surface area contributed by atoms with Gasteiger partial charge in [-0.3, -0.25) is 14.5 Å². The number of hydrogen-bond donors (Lipinski definition) is 2. The molecule has 170 valence electrons. The lowest BCUT2D eigenvalue weighted by Gasteiger charge is -2.49. The van der Waals surface area contributed by atoms with Crippen molar-refractivity contribution in [3.63, 3.8) is 0 Å². The van der Waals surface area contributed by atoms with Crippen LogP contribution >= 0.6 is 0 Å². The summed E-state index contributed by atoms with van der Waals surface area (Å²) in [6.07, 6.45) is 3.23. The van der Waals surface area contributed by atoms with Crippen LogP contribution in [0.5, 0.6) is 0 Å². The fourth-order valence-corrected chi connectivity index (χ4v) is 6.34. The van der Waals surface area contributed by atoms with Gasteiger partial charge in [-0.25, -0.2) is 0 Å². The topological polar surface area (TPSA) is 84.5 Å². The first-order valence-electron chi connectivity index (χ1n) is 12.1. The number of carbonyl (C=O) groups excluding carboxylic acids is 2. The third-order valence-electron chi connectivity index (χ3n) is 8.26. The van der Waals surface area contributed by atoms with Crippen molar-refractivity contribution in [1.29, 1.82) is 0 Å². The molecule has 7 heteroatoms. The third-order valence-corrected chi connectivity index (χ3v) is 8.26. The fourth-order valence-electron chi connectivity index (χ4n) is 6.34. The first-order chi connectivity index (χ1) is 14.5. The van der Waals surface area contributed by atoms with Crippen LogP contribution in [0.25, 0.3) is 0 Å². The van der Waals surface area contributed by atoms with Crippen molar-refractivity contribution in [2.75, 3.05) is 39.5 Å². The van der Waals surface area contributed by atoms with E-state index in [0.717, 1.165) is 39.2 Å². The molecular formula is C23H40N3O4+. The quantitative estimate of drug-likeness (QED) is 0.464. The number of carbonyl (C=O) groups is 2. The minimum absolute atomic E-state index is 0.0352. The molecule has 3 aliphatic heterocycles. The zero-order valence-electron chi connectivity index (χ0n) is 18.8. The molecule has 8 atom stereocenters. The van der Waals surface area contributed by atoms with Crippen molar-refractivity contribution in [1.82, 2.24) is 10.2 Å². The number of quaternary nitrogens is 1. The van der Waals surface area contributed by atoms with Crippen LogP contribution in [0.4, 0.5) is 0 Å². The van der Waals surface area contributed by atoms with Gasteiger partial charge >= 0.3 is 5.97 Å². The number of amides is 1. The minimum atomic E-state index is -0.168. The summed E-state index contributed by atoms with van der Waals surface area (Å²) < 4.78 is 12.0. The summed E-state index contributed by atoms with van der Waals surface area (Å²) in [4.78, 5) is 27.5. The molecule has 1 saturated carbocycles. The number of fused-ring (bicyclic) bond motifs is 2. The van der Waals surface area contributed by atoms with Gasteiger partial charge in [0.05, 0.1) is 25.1 Å². The van der Waals surface area contributed by atoms with Gasteiger partial charge in [0, 0.05) is 38.0 Å². The molecule has 0 bridgehead atoms. The lowest BCUT2D eigenvalue weighted by Crippen LogP contribution is -2.82. The predicted molar refractivity (Wildman–Crippen MR) is 112 cm³/mol. The molecular weight excluding hydrogens is 382 g/mol. The number of ether oxygens (including phenoxy) is 2. The molecule has 0 radical (unpaired) electrons. The first kappa shape index (κ1) is 22.0. The Labute approximate surface area is 180 Å². The molecule has 0 aromatic heterocycles. The summed E-state index contributed by atoms with van der Waals surface area (Å²) in [6.45, 7) is 12.6. The highest BCUT2D eigenvalue weighted by Gasteiger charge is 2.55. The maximum atomic E-state index is 12.8. The third kappa shape index (κ3) is 4.53. The summed E-state index contributed by atoms with van der Waals surface area (Å²) in [6, 6.07) is 0. The Morgan fingerprint density at radius 2 is 2.03 bits per heavy atom. The van der Waals surface area contributed by atoms with Gasteiger partial charge in [-0.2, -0.15) is 0 Å². The molecule has 0 spiro atoms.